The predicted molar refractivity (Wildman–Crippen MR) is 339 cm³/mol. The molecule has 8 aromatic carbocycles. The van der Waals surface area contributed by atoms with E-state index in [2.05, 4.69) is 0 Å². The van der Waals surface area contributed by atoms with Crippen molar-refractivity contribution in [3.8, 4) is 34.5 Å². The van der Waals surface area contributed by atoms with Crippen LogP contribution in [0.4, 0.5) is 0 Å². The lowest BCUT2D eigenvalue weighted by atomic mass is 9.92. The van der Waals surface area contributed by atoms with Crippen LogP contribution in [0.25, 0.3) is 0 Å². The molecule has 16 nitrogen and oxygen atoms in total. The van der Waals surface area contributed by atoms with E-state index in [9.17, 15) is 28.8 Å². The molecule has 0 aliphatic heterocycles. The van der Waals surface area contributed by atoms with E-state index in [4.69, 9.17) is 47.4 Å². The molecule has 0 fully saturated rings. The highest BCUT2D eigenvalue weighted by Gasteiger charge is 2.35. The van der Waals surface area contributed by atoms with Crippen molar-refractivity contribution in [2.75, 3.05) is 28.4 Å². The van der Waals surface area contributed by atoms with Gasteiger partial charge in [0.2, 0.25) is 0 Å². The topological polar surface area (TPSA) is 195 Å². The van der Waals surface area contributed by atoms with Crippen LogP contribution in [0.1, 0.15) is 163 Å². The molecule has 0 aliphatic carbocycles. The molecule has 90 heavy (non-hydrogen) atoms. The summed E-state index contributed by atoms with van der Waals surface area (Å²) in [5, 5.41) is 0. The van der Waals surface area contributed by atoms with Crippen LogP contribution in [-0.2, 0) is 18.9 Å². The predicted octanol–water partition coefficient (Wildman–Crippen LogP) is 15.2. The minimum atomic E-state index is -0.852. The lowest BCUT2D eigenvalue weighted by molar-refractivity contribution is 0.0364. The van der Waals surface area contributed by atoms with Crippen LogP contribution in [0.5, 0.6) is 34.5 Å². The molecular weight excluding hydrogens is 1140 g/mol. The molecule has 0 aromatic heterocycles. The Labute approximate surface area is 524 Å². The first-order valence-electron chi connectivity index (χ1n) is 28.9. The van der Waals surface area contributed by atoms with Gasteiger partial charge in [-0.3, -0.25) is 0 Å². The molecule has 0 bridgehead atoms. The summed E-state index contributed by atoms with van der Waals surface area (Å²) in [5.74, 6) is -3.84. The molecule has 8 aromatic rings. The maximum absolute atomic E-state index is 14.4. The molecule has 0 unspecified atom stereocenters. The molecule has 0 spiro atoms. The number of rotatable bonds is 20. The average Bonchev–Trinajstić information content (AvgIpc) is 0.883. The SMILES string of the molecule is COc1c(C)c(OC(=O)c2c(C)c(C)c(C(=O)O/C=C/OC(=O)c3c(C)c(C)c(C(=O)Oc4c(C)c(C)c(C(=O)OC(c5ccccc5)c5ccccc5)c(OC)c4C)c(OC)c3C)c(C)c2OC)c(C)c(C)c1C(=O)OC(c1ccccc1)c1ccccc1. The molecule has 0 amide bonds. The molecule has 0 aliphatic rings. The third-order valence-corrected chi connectivity index (χ3v) is 16.6. The highest BCUT2D eigenvalue weighted by Crippen LogP contribution is 2.44. The van der Waals surface area contributed by atoms with Crippen LogP contribution < -0.4 is 28.4 Å². The third-order valence-electron chi connectivity index (χ3n) is 16.6. The average molecular weight is 1220 g/mol. The van der Waals surface area contributed by atoms with Gasteiger partial charge in [0.25, 0.3) is 0 Å². The molecule has 0 N–H and O–H groups in total. The number of hydrogen-bond donors (Lipinski definition) is 0. The summed E-state index contributed by atoms with van der Waals surface area (Å²) < 4.78 is 59.1. The zero-order chi connectivity index (χ0) is 65.4. The number of carbonyl (C=O) groups excluding carboxylic acids is 6. The van der Waals surface area contributed by atoms with Gasteiger partial charge in [0, 0.05) is 22.3 Å². The third kappa shape index (κ3) is 12.8. The number of ether oxygens (including phenoxy) is 10. The minimum Gasteiger partial charge on any atom is -0.496 e. The van der Waals surface area contributed by atoms with Gasteiger partial charge in [0.05, 0.1) is 39.6 Å². The Morgan fingerprint density at radius 2 is 0.500 bits per heavy atom. The van der Waals surface area contributed by atoms with E-state index >= 15 is 0 Å². The van der Waals surface area contributed by atoms with Crippen LogP contribution in [0, 0.1) is 83.1 Å². The second-order valence-electron chi connectivity index (χ2n) is 21.6. The maximum Gasteiger partial charge on any atom is 0.347 e. The van der Waals surface area contributed by atoms with Gasteiger partial charge in [-0.2, -0.15) is 0 Å². The van der Waals surface area contributed by atoms with E-state index in [1.165, 1.54) is 28.4 Å². The van der Waals surface area contributed by atoms with Crippen molar-refractivity contribution >= 4 is 35.8 Å². The molecule has 0 heterocycles. The van der Waals surface area contributed by atoms with Crippen molar-refractivity contribution in [1.82, 2.24) is 0 Å². The van der Waals surface area contributed by atoms with Crippen molar-refractivity contribution in [2.45, 2.75) is 95.3 Å². The molecule has 0 saturated carbocycles. The van der Waals surface area contributed by atoms with Gasteiger partial charge in [-0.25, -0.2) is 28.8 Å². The van der Waals surface area contributed by atoms with Gasteiger partial charge in [-0.1, -0.05) is 121 Å². The maximum atomic E-state index is 14.4. The fourth-order valence-corrected chi connectivity index (χ4v) is 11.5. The summed E-state index contributed by atoms with van der Waals surface area (Å²) >= 11 is 0. The fraction of sp³-hybridized carbons (Fsp3) is 0.243. The highest BCUT2D eigenvalue weighted by molar-refractivity contribution is 6.04. The number of carbonyl (C=O) groups is 6. The normalized spacial score (nSPS) is 11.1. The summed E-state index contributed by atoms with van der Waals surface area (Å²) in [5.41, 5.74) is 8.32. The quantitative estimate of drug-likeness (QED) is 0.0302. The van der Waals surface area contributed by atoms with Crippen LogP contribution in [-0.4, -0.2) is 64.3 Å². The van der Waals surface area contributed by atoms with Crippen molar-refractivity contribution in [2.24, 2.45) is 0 Å². The molecule has 0 radical (unpaired) electrons. The lowest BCUT2D eigenvalue weighted by Gasteiger charge is -2.24. The van der Waals surface area contributed by atoms with Gasteiger partial charge in [-0.15, -0.1) is 0 Å². The van der Waals surface area contributed by atoms with Crippen molar-refractivity contribution in [3.63, 3.8) is 0 Å². The minimum absolute atomic E-state index is 0.0440. The zero-order valence-electron chi connectivity index (χ0n) is 53.4. The number of hydrogen-bond acceptors (Lipinski definition) is 16. The Kier molecular flexibility index (Phi) is 20.5. The van der Waals surface area contributed by atoms with E-state index in [-0.39, 0.29) is 79.0 Å². The van der Waals surface area contributed by atoms with Crippen molar-refractivity contribution in [3.05, 3.63) is 256 Å². The second-order valence-corrected chi connectivity index (χ2v) is 21.6. The first-order valence-corrected chi connectivity index (χ1v) is 28.9. The summed E-state index contributed by atoms with van der Waals surface area (Å²) in [7, 11) is 5.55. The number of benzene rings is 8. The fourth-order valence-electron chi connectivity index (χ4n) is 11.5. The molecule has 0 atom stereocenters. The van der Waals surface area contributed by atoms with E-state index in [1.54, 1.807) is 83.1 Å². The van der Waals surface area contributed by atoms with Gasteiger partial charge in [0.15, 0.2) is 12.2 Å². The summed E-state index contributed by atoms with van der Waals surface area (Å²) in [6.45, 7) is 20.0. The number of methoxy groups -OCH3 is 4. The molecule has 8 rings (SSSR count). The monoisotopic (exact) mass is 1220 g/mol. The van der Waals surface area contributed by atoms with Crippen LogP contribution in [0.15, 0.2) is 134 Å². The smallest absolute Gasteiger partial charge is 0.347 e. The Balaban J connectivity index is 0.981. The second kappa shape index (κ2) is 28.1. The summed E-state index contributed by atoms with van der Waals surface area (Å²) in [6, 6.07) is 37.6. The van der Waals surface area contributed by atoms with Crippen molar-refractivity contribution < 1.29 is 76.1 Å². The van der Waals surface area contributed by atoms with Gasteiger partial charge in [-0.05, 0) is 150 Å². The highest BCUT2D eigenvalue weighted by atomic mass is 16.6. The van der Waals surface area contributed by atoms with E-state index in [0.717, 1.165) is 34.8 Å². The summed E-state index contributed by atoms with van der Waals surface area (Å²) in [4.78, 5) is 85.2. The van der Waals surface area contributed by atoms with Gasteiger partial charge >= 0.3 is 35.8 Å². The molecule has 16 heteroatoms. The van der Waals surface area contributed by atoms with Gasteiger partial charge in [0.1, 0.15) is 69.3 Å². The zero-order valence-corrected chi connectivity index (χ0v) is 53.4. The number of esters is 6. The van der Waals surface area contributed by atoms with Gasteiger partial charge < -0.3 is 47.4 Å². The van der Waals surface area contributed by atoms with Crippen LogP contribution >= 0.6 is 0 Å². The van der Waals surface area contributed by atoms with E-state index < -0.39 is 48.0 Å². The molecule has 0 saturated heterocycles. The first kappa shape index (κ1) is 65.5. The summed E-state index contributed by atoms with van der Waals surface area (Å²) in [6.07, 6.45) is 0.356. The first-order chi connectivity index (χ1) is 43.0. The largest absolute Gasteiger partial charge is 0.496 e. The van der Waals surface area contributed by atoms with E-state index in [1.807, 2.05) is 121 Å². The molecular formula is C74H72O16. The Bertz CT molecular complexity index is 3790. The Morgan fingerprint density at radius 1 is 0.267 bits per heavy atom. The standard InChI is InChI=1S/C74H72O16/c1-39-41(3)57(71(77)87-61-45(7)43(5)59(65(83-15)49(61)11)73(79)89-67(51-29-21-17-22-30-51)52-31-23-18-24-32-52)63(81-13)47(9)55(39)69(75)85-37-38-86-70(76)56-40(2)42(4)58(64(82-14)48(56)10)72(78)88-62-46(8)44(6)60(66(84-16)50(62)12)74(80)90-68(53-33-25-19-26-34-53)54-35-27-20-28-36-54/h17-38,67-68H,1-16H3/b38-37+. The van der Waals surface area contributed by atoms with E-state index in [0.29, 0.717) is 55.6 Å². The molecule has 464 valence electrons. The Morgan fingerprint density at radius 3 is 0.767 bits per heavy atom. The van der Waals surface area contributed by atoms with Crippen LogP contribution in [0.2, 0.25) is 0 Å². The van der Waals surface area contributed by atoms with Crippen LogP contribution in [0.3, 0.4) is 0 Å². The Hall–Kier alpha value is -10.5. The lowest BCUT2D eigenvalue weighted by Crippen LogP contribution is -2.20. The van der Waals surface area contributed by atoms with Crippen molar-refractivity contribution in [1.29, 1.82) is 0 Å².